The van der Waals surface area contributed by atoms with Crippen molar-refractivity contribution in [2.45, 2.75) is 77.6 Å². The van der Waals surface area contributed by atoms with Gasteiger partial charge in [0.25, 0.3) is 0 Å². The normalized spacial score (nSPS) is 18.7. The number of esters is 1. The first-order chi connectivity index (χ1) is 15.1. The Kier molecular flexibility index (Phi) is 9.05. The largest absolute Gasteiger partial charge is 0.426 e. The number of hydrogen-bond donors (Lipinski definition) is 0. The SMILES string of the molecule is CCCCCCCCC1CCC(C(=O)Oc2ccc(-c3ccc(F)cc3)c(F)c2)CC1. The van der Waals surface area contributed by atoms with E-state index in [2.05, 4.69) is 6.92 Å². The molecule has 0 N–H and O–H groups in total. The van der Waals surface area contributed by atoms with Crippen LogP contribution < -0.4 is 4.74 Å². The monoisotopic (exact) mass is 428 g/mol. The van der Waals surface area contributed by atoms with Gasteiger partial charge in [-0.05, 0) is 61.4 Å². The molecule has 4 heteroatoms. The first kappa shape index (κ1) is 23.4. The minimum absolute atomic E-state index is 0.0966. The standard InChI is InChI=1S/C27H34F2O2/c1-2-3-4-5-6-7-8-20-9-11-22(12-10-20)27(30)31-24-17-18-25(26(29)19-24)21-13-15-23(28)16-14-21/h13-20,22H,2-12H2,1H3. The van der Waals surface area contributed by atoms with Crippen LogP contribution in [0, 0.1) is 23.5 Å². The van der Waals surface area contributed by atoms with Crippen LogP contribution in [0.1, 0.15) is 77.6 Å². The lowest BCUT2D eigenvalue weighted by Crippen LogP contribution is -2.25. The van der Waals surface area contributed by atoms with Crippen LogP contribution in [-0.4, -0.2) is 5.97 Å². The van der Waals surface area contributed by atoms with Crippen molar-refractivity contribution in [1.82, 2.24) is 0 Å². The van der Waals surface area contributed by atoms with Crippen LogP contribution in [0.2, 0.25) is 0 Å². The molecular weight excluding hydrogens is 394 g/mol. The van der Waals surface area contributed by atoms with Crippen molar-refractivity contribution in [3.05, 3.63) is 54.1 Å². The zero-order valence-corrected chi connectivity index (χ0v) is 18.5. The molecule has 0 radical (unpaired) electrons. The van der Waals surface area contributed by atoms with Gasteiger partial charge in [-0.3, -0.25) is 4.79 Å². The summed E-state index contributed by atoms with van der Waals surface area (Å²) < 4.78 is 33.1. The Morgan fingerprint density at radius 3 is 2.26 bits per heavy atom. The Hall–Kier alpha value is -2.23. The summed E-state index contributed by atoms with van der Waals surface area (Å²) in [5.41, 5.74) is 0.940. The van der Waals surface area contributed by atoms with E-state index in [4.69, 9.17) is 4.74 Å². The van der Waals surface area contributed by atoms with Gasteiger partial charge in [0.2, 0.25) is 0 Å². The highest BCUT2D eigenvalue weighted by atomic mass is 19.1. The number of carbonyl (C=O) groups excluding carboxylic acids is 1. The molecule has 3 rings (SSSR count). The van der Waals surface area contributed by atoms with Crippen molar-refractivity contribution in [2.24, 2.45) is 11.8 Å². The maximum atomic E-state index is 14.5. The first-order valence-electron chi connectivity index (χ1n) is 11.8. The number of carbonyl (C=O) groups is 1. The Morgan fingerprint density at radius 1 is 0.903 bits per heavy atom. The summed E-state index contributed by atoms with van der Waals surface area (Å²) in [4.78, 5) is 12.6. The fourth-order valence-corrected chi connectivity index (χ4v) is 4.52. The average molecular weight is 429 g/mol. The molecule has 0 amide bonds. The van der Waals surface area contributed by atoms with E-state index in [1.54, 1.807) is 12.1 Å². The summed E-state index contributed by atoms with van der Waals surface area (Å²) >= 11 is 0. The lowest BCUT2D eigenvalue weighted by Gasteiger charge is -2.27. The van der Waals surface area contributed by atoms with E-state index in [0.717, 1.165) is 31.6 Å². The third-order valence-electron chi connectivity index (χ3n) is 6.46. The van der Waals surface area contributed by atoms with Crippen molar-refractivity contribution in [1.29, 1.82) is 0 Å². The maximum Gasteiger partial charge on any atom is 0.314 e. The molecule has 2 nitrogen and oxygen atoms in total. The van der Waals surface area contributed by atoms with Gasteiger partial charge >= 0.3 is 5.97 Å². The van der Waals surface area contributed by atoms with Crippen LogP contribution >= 0.6 is 0 Å². The minimum atomic E-state index is -0.487. The molecule has 0 unspecified atom stereocenters. The smallest absolute Gasteiger partial charge is 0.314 e. The molecule has 31 heavy (non-hydrogen) atoms. The molecule has 0 saturated heterocycles. The van der Waals surface area contributed by atoms with Gasteiger partial charge in [0.05, 0.1) is 5.92 Å². The summed E-state index contributed by atoms with van der Waals surface area (Å²) in [5, 5.41) is 0. The van der Waals surface area contributed by atoms with Crippen LogP contribution in [0.4, 0.5) is 8.78 Å². The number of benzene rings is 2. The Morgan fingerprint density at radius 2 is 1.58 bits per heavy atom. The number of unbranched alkanes of at least 4 members (excludes halogenated alkanes) is 5. The molecule has 0 bridgehead atoms. The van der Waals surface area contributed by atoms with Gasteiger partial charge in [0.15, 0.2) is 0 Å². The van der Waals surface area contributed by atoms with Crippen LogP contribution in [0.5, 0.6) is 5.75 Å². The Balaban J connectivity index is 1.43. The van der Waals surface area contributed by atoms with Gasteiger partial charge in [0, 0.05) is 11.6 Å². The molecule has 0 atom stereocenters. The lowest BCUT2D eigenvalue weighted by atomic mass is 9.80. The second-order valence-electron chi connectivity index (χ2n) is 8.84. The van der Waals surface area contributed by atoms with Gasteiger partial charge in [-0.15, -0.1) is 0 Å². The zero-order chi connectivity index (χ0) is 22.1. The van der Waals surface area contributed by atoms with E-state index < -0.39 is 5.82 Å². The van der Waals surface area contributed by atoms with Crippen molar-refractivity contribution >= 4 is 5.97 Å². The van der Waals surface area contributed by atoms with E-state index in [9.17, 15) is 13.6 Å². The third kappa shape index (κ3) is 7.15. The maximum absolute atomic E-state index is 14.5. The second-order valence-corrected chi connectivity index (χ2v) is 8.84. The molecule has 1 fully saturated rings. The molecule has 0 heterocycles. The molecule has 0 aliphatic heterocycles. The van der Waals surface area contributed by atoms with Crippen LogP contribution in [0.15, 0.2) is 42.5 Å². The first-order valence-corrected chi connectivity index (χ1v) is 11.8. The Labute approximate surface area is 185 Å². The summed E-state index contributed by atoms with van der Waals surface area (Å²) in [6, 6.07) is 10.1. The topological polar surface area (TPSA) is 26.3 Å². The van der Waals surface area contributed by atoms with Crippen molar-refractivity contribution in [3.8, 4) is 16.9 Å². The quantitative estimate of drug-likeness (QED) is 0.217. The van der Waals surface area contributed by atoms with E-state index >= 15 is 0 Å². The van der Waals surface area contributed by atoms with Crippen molar-refractivity contribution < 1.29 is 18.3 Å². The highest BCUT2D eigenvalue weighted by Crippen LogP contribution is 2.33. The molecule has 1 aliphatic rings. The fourth-order valence-electron chi connectivity index (χ4n) is 4.52. The van der Waals surface area contributed by atoms with Gasteiger partial charge in [-0.25, -0.2) is 8.78 Å². The average Bonchev–Trinajstić information content (AvgIpc) is 2.77. The molecule has 0 spiro atoms. The molecule has 2 aromatic carbocycles. The summed E-state index contributed by atoms with van der Waals surface area (Å²) in [7, 11) is 0. The number of hydrogen-bond acceptors (Lipinski definition) is 2. The molecule has 1 aliphatic carbocycles. The fraction of sp³-hybridized carbons (Fsp3) is 0.519. The predicted molar refractivity (Wildman–Crippen MR) is 121 cm³/mol. The lowest BCUT2D eigenvalue weighted by molar-refractivity contribution is -0.140. The van der Waals surface area contributed by atoms with Crippen molar-refractivity contribution in [2.75, 3.05) is 0 Å². The van der Waals surface area contributed by atoms with E-state index in [1.165, 1.54) is 75.3 Å². The van der Waals surface area contributed by atoms with E-state index in [0.29, 0.717) is 11.1 Å². The highest BCUT2D eigenvalue weighted by molar-refractivity contribution is 5.75. The number of halogens is 2. The molecule has 2 aromatic rings. The summed E-state index contributed by atoms with van der Waals surface area (Å²) in [5.74, 6) is -0.256. The number of ether oxygens (including phenoxy) is 1. The minimum Gasteiger partial charge on any atom is -0.426 e. The van der Waals surface area contributed by atoms with Gasteiger partial charge in [0.1, 0.15) is 17.4 Å². The van der Waals surface area contributed by atoms with Crippen molar-refractivity contribution in [3.63, 3.8) is 0 Å². The third-order valence-corrected chi connectivity index (χ3v) is 6.46. The van der Waals surface area contributed by atoms with Crippen LogP contribution in [0.25, 0.3) is 11.1 Å². The zero-order valence-electron chi connectivity index (χ0n) is 18.5. The molecule has 0 aromatic heterocycles. The molecular formula is C27H34F2O2. The van der Waals surface area contributed by atoms with Crippen LogP contribution in [-0.2, 0) is 4.79 Å². The summed E-state index contributed by atoms with van der Waals surface area (Å²) in [6.07, 6.45) is 13.1. The highest BCUT2D eigenvalue weighted by Gasteiger charge is 2.27. The second kappa shape index (κ2) is 12.0. The Bertz CT molecular complexity index is 824. The predicted octanol–water partition coefficient (Wildman–Crippen LogP) is 8.09. The molecule has 1 saturated carbocycles. The number of rotatable bonds is 10. The molecule has 168 valence electrons. The van der Waals surface area contributed by atoms with E-state index in [1.807, 2.05) is 0 Å². The summed E-state index contributed by atoms with van der Waals surface area (Å²) in [6.45, 7) is 2.24. The van der Waals surface area contributed by atoms with Gasteiger partial charge < -0.3 is 4.74 Å². The van der Waals surface area contributed by atoms with E-state index in [-0.39, 0.29) is 23.5 Å². The van der Waals surface area contributed by atoms with Gasteiger partial charge in [-0.1, -0.05) is 64.0 Å². The van der Waals surface area contributed by atoms with Gasteiger partial charge in [-0.2, -0.15) is 0 Å². The van der Waals surface area contributed by atoms with Crippen LogP contribution in [0.3, 0.4) is 0 Å².